The number of nitrogens with zero attached hydrogens (tertiary/aromatic N) is 1. The minimum absolute atomic E-state index is 0.0246. The second-order valence-corrected chi connectivity index (χ2v) is 7.11. The Bertz CT molecular complexity index is 695. The first-order valence-corrected chi connectivity index (χ1v) is 8.93. The van der Waals surface area contributed by atoms with E-state index in [-0.39, 0.29) is 29.9 Å². The highest BCUT2D eigenvalue weighted by Crippen LogP contribution is 2.45. The first kappa shape index (κ1) is 17.5. The van der Waals surface area contributed by atoms with Crippen LogP contribution >= 0.6 is 0 Å². The maximum absolute atomic E-state index is 12.6. The molecule has 5 unspecified atom stereocenters. The van der Waals surface area contributed by atoms with Gasteiger partial charge in [-0.25, -0.2) is 0 Å². The highest BCUT2D eigenvalue weighted by Gasteiger charge is 2.44. The van der Waals surface area contributed by atoms with Crippen LogP contribution in [0.2, 0.25) is 0 Å². The largest absolute Gasteiger partial charge is 0.573 e. The minimum Gasteiger partial charge on any atom is -0.405 e. The second-order valence-electron chi connectivity index (χ2n) is 7.11. The average Bonchev–Trinajstić information content (AvgIpc) is 3.02. The number of ether oxygens (including phenoxy) is 2. The summed E-state index contributed by atoms with van der Waals surface area (Å²) in [5.74, 6) is 0.523. The lowest BCUT2D eigenvalue weighted by molar-refractivity contribution is -0.274. The van der Waals surface area contributed by atoms with E-state index in [1.807, 2.05) is 0 Å². The molecule has 0 aromatic heterocycles. The molecule has 3 aliphatic rings. The molecular weight excluding hydrogens is 347 g/mol. The van der Waals surface area contributed by atoms with Gasteiger partial charge in [0.15, 0.2) is 5.96 Å². The molecule has 1 aromatic carbocycles. The quantitative estimate of drug-likeness (QED) is 0.633. The topological polar surface area (TPSA) is 54.9 Å². The van der Waals surface area contributed by atoms with Crippen molar-refractivity contribution in [3.8, 4) is 5.75 Å². The van der Waals surface area contributed by atoms with Crippen LogP contribution in [0.25, 0.3) is 0 Å². The van der Waals surface area contributed by atoms with E-state index in [9.17, 15) is 13.2 Å². The molecule has 2 N–H and O–H groups in total. The van der Waals surface area contributed by atoms with Crippen molar-refractivity contribution < 1.29 is 22.6 Å². The zero-order chi connectivity index (χ0) is 18.3. The van der Waals surface area contributed by atoms with E-state index in [1.165, 1.54) is 6.07 Å². The standard InChI is InChI=1S/C18H22F3N3O2/c1-22-17(24-14-8-10-6-7-16(14)25-10)23-13-9-12(13)11-4-2-3-5-15(11)26-18(19,20)21/h2-5,10,12-14,16H,6-9H2,1H3,(H2,22,23,24). The zero-order valence-corrected chi connectivity index (χ0v) is 14.4. The van der Waals surface area contributed by atoms with Gasteiger partial charge >= 0.3 is 6.36 Å². The Kier molecular flexibility index (Phi) is 4.46. The van der Waals surface area contributed by atoms with E-state index >= 15 is 0 Å². The van der Waals surface area contributed by atoms with Gasteiger partial charge in [-0.3, -0.25) is 4.99 Å². The fraction of sp³-hybridized carbons (Fsp3) is 0.611. The van der Waals surface area contributed by atoms with Gasteiger partial charge in [0.1, 0.15) is 5.75 Å². The Morgan fingerprint density at radius 2 is 1.92 bits per heavy atom. The Labute approximate surface area is 150 Å². The molecule has 2 aliphatic heterocycles. The van der Waals surface area contributed by atoms with Gasteiger partial charge in [-0.15, -0.1) is 13.2 Å². The lowest BCUT2D eigenvalue weighted by atomic mass is 9.96. The van der Waals surface area contributed by atoms with Gasteiger partial charge in [0, 0.05) is 19.0 Å². The summed E-state index contributed by atoms with van der Waals surface area (Å²) in [6, 6.07) is 6.61. The molecule has 1 saturated carbocycles. The van der Waals surface area contributed by atoms with Crippen molar-refractivity contribution in [2.75, 3.05) is 7.05 Å². The maximum atomic E-state index is 12.6. The molecule has 4 rings (SSSR count). The molecule has 0 radical (unpaired) electrons. The number of aliphatic imine (C=N–C) groups is 1. The number of alkyl halides is 3. The van der Waals surface area contributed by atoms with Crippen LogP contribution in [0.15, 0.2) is 29.3 Å². The van der Waals surface area contributed by atoms with Crippen LogP contribution in [0, 0.1) is 0 Å². The lowest BCUT2D eigenvalue weighted by Gasteiger charge is -2.22. The molecular formula is C18H22F3N3O2. The zero-order valence-electron chi connectivity index (χ0n) is 14.4. The summed E-state index contributed by atoms with van der Waals surface area (Å²) in [5.41, 5.74) is 0.570. The third kappa shape index (κ3) is 3.75. The van der Waals surface area contributed by atoms with Gasteiger partial charge in [-0.1, -0.05) is 18.2 Å². The van der Waals surface area contributed by atoms with Crippen LogP contribution in [-0.4, -0.2) is 43.7 Å². The van der Waals surface area contributed by atoms with Gasteiger partial charge in [-0.05, 0) is 37.3 Å². The number of fused-ring (bicyclic) bond motifs is 2. The van der Waals surface area contributed by atoms with Crippen LogP contribution < -0.4 is 15.4 Å². The van der Waals surface area contributed by atoms with Crippen molar-refractivity contribution in [1.29, 1.82) is 0 Å². The second kappa shape index (κ2) is 6.64. The summed E-state index contributed by atoms with van der Waals surface area (Å²) in [6.07, 6.45) is -0.213. The van der Waals surface area contributed by atoms with Gasteiger partial charge < -0.3 is 20.1 Å². The van der Waals surface area contributed by atoms with Crippen LogP contribution in [0.3, 0.4) is 0 Å². The fourth-order valence-electron chi connectivity index (χ4n) is 4.01. The molecule has 2 heterocycles. The van der Waals surface area contributed by atoms with Crippen molar-refractivity contribution >= 4 is 5.96 Å². The van der Waals surface area contributed by atoms with Crippen molar-refractivity contribution in [1.82, 2.24) is 10.6 Å². The SMILES string of the molecule is CN=C(NC1CC2CCC1O2)NC1CC1c1ccccc1OC(F)(F)F. The molecule has 1 aromatic rings. The van der Waals surface area contributed by atoms with Crippen LogP contribution in [-0.2, 0) is 4.74 Å². The van der Waals surface area contributed by atoms with Crippen LogP contribution in [0.4, 0.5) is 13.2 Å². The van der Waals surface area contributed by atoms with Crippen LogP contribution in [0.5, 0.6) is 5.75 Å². The fourth-order valence-corrected chi connectivity index (χ4v) is 4.01. The van der Waals surface area contributed by atoms with Crippen molar-refractivity contribution in [3.63, 3.8) is 0 Å². The normalized spacial score (nSPS) is 33.2. The van der Waals surface area contributed by atoms with Crippen LogP contribution in [0.1, 0.15) is 37.2 Å². The third-order valence-corrected chi connectivity index (χ3v) is 5.31. The van der Waals surface area contributed by atoms with E-state index in [2.05, 4.69) is 20.4 Å². The molecule has 2 bridgehead atoms. The number of halogens is 3. The van der Waals surface area contributed by atoms with Gasteiger partial charge in [0.05, 0.1) is 18.2 Å². The van der Waals surface area contributed by atoms with E-state index in [0.717, 1.165) is 25.7 Å². The van der Waals surface area contributed by atoms with Gasteiger partial charge in [0.25, 0.3) is 0 Å². The summed E-state index contributed by atoms with van der Waals surface area (Å²) in [5, 5.41) is 6.71. The average molecular weight is 369 g/mol. The molecule has 0 spiro atoms. The molecule has 5 nitrogen and oxygen atoms in total. The molecule has 142 valence electrons. The Morgan fingerprint density at radius 1 is 1.15 bits per heavy atom. The van der Waals surface area contributed by atoms with Gasteiger partial charge in [-0.2, -0.15) is 0 Å². The summed E-state index contributed by atoms with van der Waals surface area (Å²) < 4.78 is 47.8. The number of nitrogens with one attached hydrogen (secondary N) is 2. The highest BCUT2D eigenvalue weighted by molar-refractivity contribution is 5.81. The first-order valence-electron chi connectivity index (χ1n) is 8.93. The summed E-state index contributed by atoms with van der Waals surface area (Å²) >= 11 is 0. The molecule has 26 heavy (non-hydrogen) atoms. The molecule has 5 atom stereocenters. The highest BCUT2D eigenvalue weighted by atomic mass is 19.4. The van der Waals surface area contributed by atoms with Crippen molar-refractivity contribution in [2.24, 2.45) is 4.99 Å². The summed E-state index contributed by atoms with van der Waals surface area (Å²) in [7, 11) is 1.70. The lowest BCUT2D eigenvalue weighted by Crippen LogP contribution is -2.48. The summed E-state index contributed by atoms with van der Waals surface area (Å²) in [4.78, 5) is 4.25. The molecule has 0 amide bonds. The van der Waals surface area contributed by atoms with E-state index in [1.54, 1.807) is 25.2 Å². The molecule has 8 heteroatoms. The number of hydrogen-bond donors (Lipinski definition) is 2. The number of benzene rings is 1. The van der Waals surface area contributed by atoms with E-state index in [4.69, 9.17) is 4.74 Å². The minimum atomic E-state index is -4.69. The third-order valence-electron chi connectivity index (χ3n) is 5.31. The monoisotopic (exact) mass is 369 g/mol. The predicted octanol–water partition coefficient (Wildman–Crippen LogP) is 2.93. The molecule has 2 saturated heterocycles. The number of guanidine groups is 1. The first-order chi connectivity index (χ1) is 12.4. The Hall–Kier alpha value is -1.96. The predicted molar refractivity (Wildman–Crippen MR) is 90.2 cm³/mol. The smallest absolute Gasteiger partial charge is 0.405 e. The van der Waals surface area contributed by atoms with Crippen molar-refractivity contribution in [2.45, 2.75) is 62.3 Å². The Morgan fingerprint density at radius 3 is 2.58 bits per heavy atom. The van der Waals surface area contributed by atoms with E-state index < -0.39 is 6.36 Å². The Balaban J connectivity index is 1.36. The molecule has 1 aliphatic carbocycles. The number of hydrogen-bond acceptors (Lipinski definition) is 3. The maximum Gasteiger partial charge on any atom is 0.573 e. The number of para-hydroxylation sites is 1. The number of rotatable bonds is 4. The summed E-state index contributed by atoms with van der Waals surface area (Å²) in [6.45, 7) is 0. The van der Waals surface area contributed by atoms with Crippen molar-refractivity contribution in [3.05, 3.63) is 29.8 Å². The van der Waals surface area contributed by atoms with E-state index in [0.29, 0.717) is 17.6 Å². The van der Waals surface area contributed by atoms with Gasteiger partial charge in [0.2, 0.25) is 0 Å². The molecule has 3 fully saturated rings.